The Balaban J connectivity index is 0.845. The topological polar surface area (TPSA) is 335 Å². The van der Waals surface area contributed by atoms with Gasteiger partial charge in [0.2, 0.25) is 41.4 Å². The summed E-state index contributed by atoms with van der Waals surface area (Å²) in [4.78, 5) is 161. The monoisotopic (exact) mass is 1170 g/mol. The van der Waals surface area contributed by atoms with Crippen molar-refractivity contribution in [3.05, 3.63) is 142 Å². The summed E-state index contributed by atoms with van der Waals surface area (Å²) in [6, 6.07) is 23.7. The predicted octanol–water partition coefficient (Wildman–Crippen LogP) is 3.90. The summed E-state index contributed by atoms with van der Waals surface area (Å²) in [5.74, 6) is -4.13. The normalized spacial score (nSPS) is 21.5. The zero-order valence-corrected chi connectivity index (χ0v) is 47.1. The molecule has 10 rings (SSSR count). The van der Waals surface area contributed by atoms with Gasteiger partial charge in [0.15, 0.2) is 0 Å². The molecule has 23 nitrogen and oxygen atoms in total. The first kappa shape index (κ1) is 58.7. The zero-order chi connectivity index (χ0) is 59.6. The lowest BCUT2D eigenvalue weighted by atomic mass is 9.78. The molecule has 4 aliphatic rings. The molecular weight excluding hydrogens is 1100 g/mol. The van der Waals surface area contributed by atoms with E-state index in [0.717, 1.165) is 48.8 Å². The third-order valence-corrected chi connectivity index (χ3v) is 17.8. The number of rotatable bonds is 18. The molecule has 8 amide bonds. The maximum atomic E-state index is 15.2. The molecule has 84 heavy (non-hydrogen) atoms. The number of amides is 8. The highest BCUT2D eigenvalue weighted by atomic mass is 31.2. The molecule has 9 N–H and O–H groups in total. The van der Waals surface area contributed by atoms with Crippen LogP contribution in [0, 0.1) is 11.8 Å². The van der Waals surface area contributed by atoms with Gasteiger partial charge in [-0.2, -0.15) is 0 Å². The van der Waals surface area contributed by atoms with Crippen LogP contribution in [-0.4, -0.2) is 124 Å². The van der Waals surface area contributed by atoms with Gasteiger partial charge in [-0.15, -0.1) is 0 Å². The van der Waals surface area contributed by atoms with E-state index in [-0.39, 0.29) is 97.6 Å². The van der Waals surface area contributed by atoms with Crippen LogP contribution in [0.3, 0.4) is 0 Å². The molecule has 4 aromatic carbocycles. The highest BCUT2D eigenvalue weighted by Gasteiger charge is 2.46. The minimum Gasteiger partial charge on any atom is -0.370 e. The summed E-state index contributed by atoms with van der Waals surface area (Å²) in [6.45, 7) is -0.0654. The van der Waals surface area contributed by atoms with Crippen molar-refractivity contribution in [3.8, 4) is 0 Å². The summed E-state index contributed by atoms with van der Waals surface area (Å²) in [5.41, 5.74) is 7.66. The maximum Gasteiger partial charge on any atom is 0.396 e. The Kier molecular flexibility index (Phi) is 17.3. The SMILES string of the molecule is Cn1c(=O)n(C2CCC(=O)NC2=O)c2ccc(C[C@H]3CC[C@H](CC(=O)N4CC[C@H]5CC[C@@H](C(=O)N[C@@H](CCC(N)=O)C(=O)NC(c6ccccc6)c6ccccc6)N5C(=O)[C@@H](NC(=O)c5cc6cc(C(=O)P(=O)(O)O)ccc6[nH]5)C4)CC3)cc21. The maximum absolute atomic E-state index is 15.2. The largest absolute Gasteiger partial charge is 0.396 e. The van der Waals surface area contributed by atoms with E-state index in [4.69, 9.17) is 5.73 Å². The number of aryl methyl sites for hydroxylation is 1. The first-order valence-corrected chi connectivity index (χ1v) is 30.0. The standard InChI is InChI=1S/C60H67N10O13P/c1-67-49-29-36(16-21-46(49)70(60(67)80)48-23-25-51(72)65-57(48)77)28-34-12-14-35(15-13-34)30-52(73)68-27-26-41-18-22-47(56(76)63-43(20-24-50(61)71)54(74)66-53(37-8-4-2-5-9-37)38-10-6-3-7-11-38)69(41)58(78)45(33-68)64-55(75)44-32-40-31-39(17-19-42(40)62-44)59(79)84(81,82)83/h2-11,16-17,19,21,29,31-32,34-35,41,43,45,47-48,53,62H,12-15,18,20,22-28,30,33H2,1H3,(H2,61,71)(H,63,76)(H,64,75)(H,66,74)(H,65,72,77)(H2,81,82,83)/t34-,35-,41-,43+,45+,47+,48?/m1/s1. The zero-order valence-electron chi connectivity index (χ0n) is 46.2. The van der Waals surface area contributed by atoms with E-state index >= 15 is 4.79 Å². The Morgan fingerprint density at radius 3 is 2.13 bits per heavy atom. The second-order valence-corrected chi connectivity index (χ2v) is 24.1. The minimum atomic E-state index is -5.13. The molecule has 0 radical (unpaired) electrons. The van der Waals surface area contributed by atoms with E-state index in [1.54, 1.807) is 11.9 Å². The van der Waals surface area contributed by atoms with Gasteiger partial charge in [0.25, 0.3) is 11.4 Å². The number of imide groups is 1. The lowest BCUT2D eigenvalue weighted by Gasteiger charge is -2.39. The summed E-state index contributed by atoms with van der Waals surface area (Å²) >= 11 is 0. The van der Waals surface area contributed by atoms with Crippen molar-refractivity contribution in [2.24, 2.45) is 24.6 Å². The van der Waals surface area contributed by atoms with Crippen molar-refractivity contribution < 1.29 is 57.5 Å². The fraction of sp³-hybridized carbons (Fsp3) is 0.400. The van der Waals surface area contributed by atoms with E-state index in [1.807, 2.05) is 78.9 Å². The van der Waals surface area contributed by atoms with Crippen LogP contribution in [0.25, 0.3) is 21.9 Å². The Morgan fingerprint density at radius 1 is 0.774 bits per heavy atom. The molecule has 3 saturated heterocycles. The summed E-state index contributed by atoms with van der Waals surface area (Å²) in [6.07, 6.45) is 4.91. The number of imidazole rings is 1. The molecule has 5 atom stereocenters. The third-order valence-electron chi connectivity index (χ3n) is 17.0. The van der Waals surface area contributed by atoms with Gasteiger partial charge in [-0.3, -0.25) is 62.2 Å². The molecule has 1 aliphatic carbocycles. The van der Waals surface area contributed by atoms with Crippen LogP contribution >= 0.6 is 7.60 Å². The number of hydrogen-bond acceptors (Lipinski definition) is 11. The lowest BCUT2D eigenvalue weighted by Crippen LogP contribution is -2.62. The third kappa shape index (κ3) is 12.8. The molecule has 4 fully saturated rings. The van der Waals surface area contributed by atoms with Crippen molar-refractivity contribution in [2.75, 3.05) is 13.1 Å². The number of nitrogens with zero attached hydrogens (tertiary/aromatic N) is 4. The minimum absolute atomic E-state index is 0.0221. The van der Waals surface area contributed by atoms with Crippen LogP contribution in [0.1, 0.15) is 127 Å². The number of benzene rings is 4. The van der Waals surface area contributed by atoms with Gasteiger partial charge in [0.05, 0.1) is 17.1 Å². The number of primary amides is 1. The second kappa shape index (κ2) is 24.7. The molecule has 1 saturated carbocycles. The highest BCUT2D eigenvalue weighted by molar-refractivity contribution is 7.70. The molecule has 2 aromatic heterocycles. The van der Waals surface area contributed by atoms with Gasteiger partial charge in [0, 0.05) is 61.9 Å². The number of aromatic nitrogens is 3. The van der Waals surface area contributed by atoms with E-state index in [2.05, 4.69) is 26.3 Å². The lowest BCUT2D eigenvalue weighted by molar-refractivity contribution is -0.146. The summed E-state index contributed by atoms with van der Waals surface area (Å²) in [7, 11) is -3.47. The van der Waals surface area contributed by atoms with Crippen molar-refractivity contribution in [1.82, 2.24) is 45.2 Å². The van der Waals surface area contributed by atoms with E-state index in [1.165, 1.54) is 38.3 Å². The number of carbonyl (C=O) groups excluding carboxylic acids is 9. The van der Waals surface area contributed by atoms with Crippen LogP contribution in [0.5, 0.6) is 0 Å². The Hall–Kier alpha value is -8.53. The molecule has 3 aliphatic heterocycles. The van der Waals surface area contributed by atoms with E-state index in [0.29, 0.717) is 29.4 Å². The molecule has 5 heterocycles. The van der Waals surface area contributed by atoms with E-state index < -0.39 is 84.8 Å². The van der Waals surface area contributed by atoms with Gasteiger partial charge in [0.1, 0.15) is 29.9 Å². The number of carbonyl (C=O) groups is 9. The number of nitrogens with two attached hydrogens (primary N) is 1. The first-order chi connectivity index (χ1) is 40.2. The fourth-order valence-electron chi connectivity index (χ4n) is 12.6. The Morgan fingerprint density at radius 2 is 1.46 bits per heavy atom. The second-order valence-electron chi connectivity index (χ2n) is 22.6. The Bertz CT molecular complexity index is 3640. The predicted molar refractivity (Wildman–Crippen MR) is 306 cm³/mol. The number of nitrogens with one attached hydrogen (secondary N) is 5. The van der Waals surface area contributed by atoms with Gasteiger partial charge < -0.3 is 46.3 Å². The molecular formula is C60H67N10O13P. The average molecular weight is 1170 g/mol. The number of H-pyrrole nitrogens is 1. The van der Waals surface area contributed by atoms with Crippen LogP contribution in [0.2, 0.25) is 0 Å². The fourth-order valence-corrected chi connectivity index (χ4v) is 13.1. The van der Waals surface area contributed by atoms with Crippen LogP contribution < -0.4 is 32.7 Å². The average Bonchev–Trinajstić information content (AvgIpc) is 3.38. The number of aromatic amines is 1. The molecule has 0 bridgehead atoms. The van der Waals surface area contributed by atoms with Crippen LogP contribution in [-0.2, 0) is 51.6 Å². The van der Waals surface area contributed by atoms with Gasteiger partial charge in [-0.1, -0.05) is 66.7 Å². The van der Waals surface area contributed by atoms with Crippen LogP contribution in [0.15, 0.2) is 108 Å². The molecule has 1 unspecified atom stereocenters. The molecule has 440 valence electrons. The number of fused-ring (bicyclic) bond motifs is 3. The van der Waals surface area contributed by atoms with Crippen molar-refractivity contribution in [2.45, 2.75) is 120 Å². The highest BCUT2D eigenvalue weighted by Crippen LogP contribution is 2.40. The van der Waals surface area contributed by atoms with Crippen LogP contribution in [0.4, 0.5) is 0 Å². The molecule has 24 heteroatoms. The summed E-state index contributed by atoms with van der Waals surface area (Å²) in [5, 5.41) is 11.3. The quantitative estimate of drug-likeness (QED) is 0.0448. The van der Waals surface area contributed by atoms with Gasteiger partial charge >= 0.3 is 13.3 Å². The Labute approximate surface area is 482 Å². The molecule has 6 aromatic rings. The number of piperidine rings is 1. The smallest absolute Gasteiger partial charge is 0.370 e. The van der Waals surface area contributed by atoms with Crippen molar-refractivity contribution in [3.63, 3.8) is 0 Å². The van der Waals surface area contributed by atoms with Gasteiger partial charge in [-0.05, 0) is 129 Å². The van der Waals surface area contributed by atoms with E-state index in [9.17, 15) is 57.5 Å². The summed E-state index contributed by atoms with van der Waals surface area (Å²) < 4.78 is 14.8. The first-order valence-electron chi connectivity index (χ1n) is 28.4. The molecule has 0 spiro atoms. The van der Waals surface area contributed by atoms with Crippen molar-refractivity contribution in [1.29, 1.82) is 0 Å². The van der Waals surface area contributed by atoms with Crippen molar-refractivity contribution >= 4 is 82.3 Å². The van der Waals surface area contributed by atoms with Gasteiger partial charge in [-0.25, -0.2) is 4.79 Å². The number of hydrogen-bond donors (Lipinski definition) is 8.